The number of aryl methyl sites for hydroxylation is 2. The third-order valence-corrected chi connectivity index (χ3v) is 6.80. The van der Waals surface area contributed by atoms with Crippen LogP contribution in [0.5, 0.6) is 0 Å². The van der Waals surface area contributed by atoms with Gasteiger partial charge in [-0.2, -0.15) is 4.31 Å². The van der Waals surface area contributed by atoms with Crippen LogP contribution in [-0.2, 0) is 19.6 Å². The number of rotatable bonds is 6. The maximum Gasteiger partial charge on any atom is 0.338 e. The Morgan fingerprint density at radius 2 is 1.57 bits per heavy atom. The quantitative estimate of drug-likeness (QED) is 0.710. The van der Waals surface area contributed by atoms with Gasteiger partial charge in [0, 0.05) is 18.8 Å². The molecule has 0 bridgehead atoms. The normalized spacial score (nSPS) is 14.9. The summed E-state index contributed by atoms with van der Waals surface area (Å²) in [5.74, 6) is -1.07. The van der Waals surface area contributed by atoms with Crippen LogP contribution < -0.4 is 5.32 Å². The Labute approximate surface area is 177 Å². The van der Waals surface area contributed by atoms with Crippen LogP contribution in [0.4, 0.5) is 5.69 Å². The standard InChI is InChI=1S/C22H26N2O5S/c1-16-12-17(2)14-18(13-16)22(26)29-15-21(25)23-19-6-8-20(9-7-19)30(27,28)24-10-4-3-5-11-24/h6-9,12-14H,3-5,10-11,15H2,1-2H3,(H,23,25). The third-order valence-electron chi connectivity index (χ3n) is 4.88. The average Bonchev–Trinajstić information content (AvgIpc) is 2.72. The SMILES string of the molecule is Cc1cc(C)cc(C(=O)OCC(=O)Nc2ccc(S(=O)(=O)N3CCCCC3)cc2)c1. The zero-order valence-corrected chi connectivity index (χ0v) is 18.0. The second-order valence-electron chi connectivity index (χ2n) is 7.49. The summed E-state index contributed by atoms with van der Waals surface area (Å²) in [7, 11) is -3.52. The van der Waals surface area contributed by atoms with Gasteiger partial charge in [-0.1, -0.05) is 23.6 Å². The highest BCUT2D eigenvalue weighted by Crippen LogP contribution is 2.22. The number of amides is 1. The fourth-order valence-electron chi connectivity index (χ4n) is 3.47. The van der Waals surface area contributed by atoms with Gasteiger partial charge in [0.25, 0.3) is 5.91 Å². The number of hydrogen-bond acceptors (Lipinski definition) is 5. The van der Waals surface area contributed by atoms with Crippen LogP contribution in [0.1, 0.15) is 40.7 Å². The topological polar surface area (TPSA) is 92.8 Å². The number of nitrogens with one attached hydrogen (secondary N) is 1. The van der Waals surface area contributed by atoms with Crippen molar-refractivity contribution in [3.8, 4) is 0 Å². The van der Waals surface area contributed by atoms with E-state index in [0.717, 1.165) is 30.4 Å². The van der Waals surface area contributed by atoms with E-state index in [0.29, 0.717) is 24.3 Å². The van der Waals surface area contributed by atoms with E-state index < -0.39 is 28.5 Å². The summed E-state index contributed by atoms with van der Waals surface area (Å²) in [6, 6.07) is 11.4. The van der Waals surface area contributed by atoms with Gasteiger partial charge in [0.05, 0.1) is 10.5 Å². The van der Waals surface area contributed by atoms with E-state index in [4.69, 9.17) is 4.74 Å². The van der Waals surface area contributed by atoms with Crippen molar-refractivity contribution in [2.24, 2.45) is 0 Å². The van der Waals surface area contributed by atoms with Gasteiger partial charge >= 0.3 is 5.97 Å². The second-order valence-corrected chi connectivity index (χ2v) is 9.43. The first-order valence-corrected chi connectivity index (χ1v) is 11.4. The lowest BCUT2D eigenvalue weighted by atomic mass is 10.1. The van der Waals surface area contributed by atoms with Crippen molar-refractivity contribution < 1.29 is 22.7 Å². The van der Waals surface area contributed by atoms with E-state index in [9.17, 15) is 18.0 Å². The number of piperidine rings is 1. The summed E-state index contributed by atoms with van der Waals surface area (Å²) < 4.78 is 31.9. The van der Waals surface area contributed by atoms with E-state index >= 15 is 0 Å². The summed E-state index contributed by atoms with van der Waals surface area (Å²) in [4.78, 5) is 24.4. The first kappa shape index (κ1) is 22.0. The molecule has 0 saturated carbocycles. The van der Waals surface area contributed by atoms with Crippen LogP contribution in [0, 0.1) is 13.8 Å². The molecule has 0 aliphatic carbocycles. The molecule has 8 heteroatoms. The number of carbonyl (C=O) groups is 2. The van der Waals surface area contributed by atoms with E-state index in [2.05, 4.69) is 5.32 Å². The maximum atomic E-state index is 12.7. The van der Waals surface area contributed by atoms with Crippen molar-refractivity contribution in [3.63, 3.8) is 0 Å². The zero-order valence-electron chi connectivity index (χ0n) is 17.2. The van der Waals surface area contributed by atoms with Gasteiger partial charge in [-0.3, -0.25) is 4.79 Å². The molecule has 7 nitrogen and oxygen atoms in total. The summed E-state index contributed by atoms with van der Waals surface area (Å²) >= 11 is 0. The van der Waals surface area contributed by atoms with E-state index in [1.54, 1.807) is 12.1 Å². The lowest BCUT2D eigenvalue weighted by Gasteiger charge is -2.25. The predicted molar refractivity (Wildman–Crippen MR) is 114 cm³/mol. The Kier molecular flexibility index (Phi) is 6.89. The number of esters is 1. The molecule has 0 spiro atoms. The lowest BCUT2D eigenvalue weighted by molar-refractivity contribution is -0.119. The van der Waals surface area contributed by atoms with Crippen LogP contribution >= 0.6 is 0 Å². The molecule has 2 aromatic carbocycles. The number of anilines is 1. The molecule has 1 aliphatic rings. The smallest absolute Gasteiger partial charge is 0.338 e. The Hall–Kier alpha value is -2.71. The first-order valence-electron chi connectivity index (χ1n) is 9.91. The summed E-state index contributed by atoms with van der Waals surface area (Å²) in [5, 5.41) is 2.61. The Morgan fingerprint density at radius 3 is 2.17 bits per heavy atom. The molecule has 1 N–H and O–H groups in total. The third kappa shape index (κ3) is 5.46. The number of sulfonamides is 1. The van der Waals surface area contributed by atoms with Gasteiger partial charge in [-0.15, -0.1) is 0 Å². The first-order chi connectivity index (χ1) is 14.3. The molecule has 0 radical (unpaired) electrons. The molecule has 3 rings (SSSR count). The Bertz CT molecular complexity index is 1010. The highest BCUT2D eigenvalue weighted by Gasteiger charge is 2.25. The molecule has 2 aromatic rings. The van der Waals surface area contributed by atoms with Crippen LogP contribution in [0.2, 0.25) is 0 Å². The molecular weight excluding hydrogens is 404 g/mol. The maximum absolute atomic E-state index is 12.7. The van der Waals surface area contributed by atoms with Crippen molar-refractivity contribution in [1.29, 1.82) is 0 Å². The molecule has 1 aliphatic heterocycles. The Balaban J connectivity index is 1.56. The molecular formula is C22H26N2O5S. The van der Waals surface area contributed by atoms with Crippen molar-refractivity contribution in [3.05, 3.63) is 59.2 Å². The van der Waals surface area contributed by atoms with Crippen molar-refractivity contribution in [2.45, 2.75) is 38.0 Å². The average molecular weight is 431 g/mol. The fourth-order valence-corrected chi connectivity index (χ4v) is 4.99. The molecule has 0 unspecified atom stereocenters. The number of ether oxygens (including phenoxy) is 1. The molecule has 30 heavy (non-hydrogen) atoms. The van der Waals surface area contributed by atoms with E-state index in [-0.39, 0.29) is 4.90 Å². The number of hydrogen-bond donors (Lipinski definition) is 1. The van der Waals surface area contributed by atoms with E-state index in [1.165, 1.54) is 28.6 Å². The minimum absolute atomic E-state index is 0.198. The highest BCUT2D eigenvalue weighted by atomic mass is 32.2. The van der Waals surface area contributed by atoms with Crippen LogP contribution in [0.25, 0.3) is 0 Å². The number of carbonyl (C=O) groups excluding carboxylic acids is 2. The summed E-state index contributed by atoms with van der Waals surface area (Å²) in [6.07, 6.45) is 2.79. The van der Waals surface area contributed by atoms with Gasteiger partial charge in [-0.05, 0) is 63.1 Å². The van der Waals surface area contributed by atoms with E-state index in [1.807, 2.05) is 19.9 Å². The molecule has 1 saturated heterocycles. The number of nitrogens with zero attached hydrogens (tertiary/aromatic N) is 1. The summed E-state index contributed by atoms with van der Waals surface area (Å²) in [5.41, 5.74) is 2.70. The molecule has 1 amide bonds. The van der Waals surface area contributed by atoms with Gasteiger partial charge in [0.2, 0.25) is 10.0 Å². The minimum atomic E-state index is -3.52. The van der Waals surface area contributed by atoms with Crippen LogP contribution in [-0.4, -0.2) is 44.3 Å². The largest absolute Gasteiger partial charge is 0.452 e. The lowest BCUT2D eigenvalue weighted by Crippen LogP contribution is -2.35. The predicted octanol–water partition coefficient (Wildman–Crippen LogP) is 3.27. The highest BCUT2D eigenvalue weighted by molar-refractivity contribution is 7.89. The fraction of sp³-hybridized carbons (Fsp3) is 0.364. The summed E-state index contributed by atoms with van der Waals surface area (Å²) in [6.45, 7) is 4.40. The van der Waals surface area contributed by atoms with Gasteiger partial charge in [-0.25, -0.2) is 13.2 Å². The van der Waals surface area contributed by atoms with Gasteiger partial charge in [0.1, 0.15) is 0 Å². The Morgan fingerprint density at radius 1 is 0.967 bits per heavy atom. The molecule has 0 atom stereocenters. The van der Waals surface area contributed by atoms with Crippen LogP contribution in [0.15, 0.2) is 47.4 Å². The van der Waals surface area contributed by atoms with Crippen molar-refractivity contribution in [2.75, 3.05) is 25.0 Å². The van der Waals surface area contributed by atoms with Gasteiger partial charge in [0.15, 0.2) is 6.61 Å². The molecule has 1 fully saturated rings. The monoisotopic (exact) mass is 430 g/mol. The van der Waals surface area contributed by atoms with Gasteiger partial charge < -0.3 is 10.1 Å². The van der Waals surface area contributed by atoms with Crippen molar-refractivity contribution >= 4 is 27.6 Å². The van der Waals surface area contributed by atoms with Crippen LogP contribution in [0.3, 0.4) is 0 Å². The molecule has 1 heterocycles. The minimum Gasteiger partial charge on any atom is -0.452 e. The zero-order chi connectivity index (χ0) is 21.7. The van der Waals surface area contributed by atoms with Crippen molar-refractivity contribution in [1.82, 2.24) is 4.31 Å². The molecule has 160 valence electrons. The number of benzene rings is 2. The second kappa shape index (κ2) is 9.40. The molecule has 0 aromatic heterocycles.